The van der Waals surface area contributed by atoms with Crippen LogP contribution in [-0.2, 0) is 10.8 Å². The molecule has 0 saturated carbocycles. The molecule has 0 aliphatic carbocycles. The van der Waals surface area contributed by atoms with Crippen molar-refractivity contribution in [3.05, 3.63) is 23.8 Å². The summed E-state index contributed by atoms with van der Waals surface area (Å²) in [5, 5.41) is 2.84. The molecule has 5 nitrogen and oxygen atoms in total. The lowest BCUT2D eigenvalue weighted by Gasteiger charge is -2.13. The highest BCUT2D eigenvalue weighted by Gasteiger charge is 2.16. The Kier molecular flexibility index (Phi) is 6.51. The zero-order chi connectivity index (χ0) is 15.1. The lowest BCUT2D eigenvalue weighted by atomic mass is 10.1. The molecule has 0 radical (unpaired) electrons. The van der Waals surface area contributed by atoms with Gasteiger partial charge in [-0.15, -0.1) is 0 Å². The molecule has 112 valence electrons. The summed E-state index contributed by atoms with van der Waals surface area (Å²) in [7, 11) is -0.882. The number of rotatable bonds is 7. The molecule has 0 spiro atoms. The molecule has 1 aromatic carbocycles. The van der Waals surface area contributed by atoms with E-state index in [1.54, 1.807) is 24.5 Å². The highest BCUT2D eigenvalue weighted by Crippen LogP contribution is 2.24. The number of hydrogen-bond acceptors (Lipinski definition) is 4. The molecule has 0 aliphatic rings. The first kappa shape index (κ1) is 16.5. The zero-order valence-electron chi connectivity index (χ0n) is 12.1. The van der Waals surface area contributed by atoms with Crippen molar-refractivity contribution in [2.45, 2.75) is 25.5 Å². The van der Waals surface area contributed by atoms with Gasteiger partial charge in [-0.25, -0.2) is 0 Å². The van der Waals surface area contributed by atoms with Crippen molar-refractivity contribution in [1.82, 2.24) is 5.32 Å². The Morgan fingerprint density at radius 3 is 2.80 bits per heavy atom. The van der Waals surface area contributed by atoms with Crippen molar-refractivity contribution >= 4 is 22.4 Å². The Balaban J connectivity index is 2.70. The number of carbonyl (C=O) groups excluding carboxylic acids is 1. The van der Waals surface area contributed by atoms with E-state index in [9.17, 15) is 9.00 Å². The van der Waals surface area contributed by atoms with Crippen LogP contribution in [0.1, 0.15) is 30.6 Å². The Morgan fingerprint density at radius 2 is 2.20 bits per heavy atom. The summed E-state index contributed by atoms with van der Waals surface area (Å²) in [6, 6.07) is 5.14. The number of hydrogen-bond donors (Lipinski definition) is 2. The van der Waals surface area contributed by atoms with E-state index in [1.807, 2.05) is 13.8 Å². The molecule has 1 amide bonds. The number of carbonyl (C=O) groups is 1. The number of ether oxygens (including phenoxy) is 1. The molecule has 1 aromatic rings. The highest BCUT2D eigenvalue weighted by atomic mass is 32.2. The summed E-state index contributed by atoms with van der Waals surface area (Å²) in [5.74, 6) is 0.220. The van der Waals surface area contributed by atoms with E-state index >= 15 is 0 Å². The summed E-state index contributed by atoms with van der Waals surface area (Å²) in [6.45, 7) is 4.67. The summed E-state index contributed by atoms with van der Waals surface area (Å²) in [6.07, 6.45) is 2.32. The first-order valence-corrected chi connectivity index (χ1v) is 8.21. The van der Waals surface area contributed by atoms with Gasteiger partial charge in [0.15, 0.2) is 0 Å². The zero-order valence-corrected chi connectivity index (χ0v) is 13.0. The minimum Gasteiger partial charge on any atom is -0.493 e. The monoisotopic (exact) mass is 298 g/mol. The van der Waals surface area contributed by atoms with E-state index in [0.717, 1.165) is 0 Å². The van der Waals surface area contributed by atoms with Gasteiger partial charge in [-0.2, -0.15) is 0 Å². The molecule has 0 saturated heterocycles. The molecule has 0 aromatic heterocycles. The minimum absolute atomic E-state index is 0.0507. The smallest absolute Gasteiger partial charge is 0.257 e. The second-order valence-electron chi connectivity index (χ2n) is 4.51. The van der Waals surface area contributed by atoms with Crippen molar-refractivity contribution in [1.29, 1.82) is 0 Å². The molecule has 0 bridgehead atoms. The Morgan fingerprint density at radius 1 is 1.50 bits per heavy atom. The van der Waals surface area contributed by atoms with Crippen molar-refractivity contribution in [2.24, 2.45) is 0 Å². The van der Waals surface area contributed by atoms with E-state index in [1.165, 1.54) is 0 Å². The molecule has 3 N–H and O–H groups in total. The quantitative estimate of drug-likeness (QED) is 0.748. The third-order valence-electron chi connectivity index (χ3n) is 2.99. The summed E-state index contributed by atoms with van der Waals surface area (Å²) >= 11 is 0. The number of benzene rings is 1. The van der Waals surface area contributed by atoms with Crippen LogP contribution in [0, 0.1) is 0 Å². The normalized spacial score (nSPS) is 13.6. The van der Waals surface area contributed by atoms with Gasteiger partial charge in [0.25, 0.3) is 5.91 Å². The van der Waals surface area contributed by atoms with Crippen LogP contribution < -0.4 is 15.8 Å². The molecule has 1 rings (SSSR count). The van der Waals surface area contributed by atoms with Crippen LogP contribution in [-0.4, -0.2) is 34.8 Å². The van der Waals surface area contributed by atoms with Crippen LogP contribution >= 0.6 is 0 Å². The maximum Gasteiger partial charge on any atom is 0.257 e. The maximum atomic E-state index is 12.2. The van der Waals surface area contributed by atoms with Crippen LogP contribution in [0.25, 0.3) is 0 Å². The van der Waals surface area contributed by atoms with Crippen LogP contribution in [0.15, 0.2) is 18.2 Å². The van der Waals surface area contributed by atoms with E-state index in [4.69, 9.17) is 10.5 Å². The lowest BCUT2D eigenvalue weighted by Crippen LogP contribution is -2.28. The number of nitrogens with one attached hydrogen (secondary N) is 1. The largest absolute Gasteiger partial charge is 0.493 e. The third kappa shape index (κ3) is 4.52. The van der Waals surface area contributed by atoms with E-state index in [0.29, 0.717) is 36.6 Å². The lowest BCUT2D eigenvalue weighted by molar-refractivity contribution is 0.0950. The average molecular weight is 298 g/mol. The van der Waals surface area contributed by atoms with Gasteiger partial charge >= 0.3 is 0 Å². The molecule has 0 aliphatic heterocycles. The molecular formula is C14H22N2O3S. The topological polar surface area (TPSA) is 81.4 Å². The standard InChI is InChI=1S/C14H22N2O3S/c1-4-19-12-7-5-6-11(15)13(12)14(17)16-9-8-10(2)20(3)18/h5-7,10H,4,8-9,15H2,1-3H3,(H,16,17). The summed E-state index contributed by atoms with van der Waals surface area (Å²) < 4.78 is 16.7. The molecule has 2 atom stereocenters. The predicted octanol–water partition coefficient (Wildman–Crippen LogP) is 1.55. The van der Waals surface area contributed by atoms with Crippen molar-refractivity contribution < 1.29 is 13.7 Å². The SMILES string of the molecule is CCOc1cccc(N)c1C(=O)NCCC(C)S(C)=O. The van der Waals surface area contributed by atoms with E-state index < -0.39 is 10.8 Å². The van der Waals surface area contributed by atoms with Gasteiger partial charge < -0.3 is 15.8 Å². The number of anilines is 1. The van der Waals surface area contributed by atoms with Gasteiger partial charge in [0.2, 0.25) is 0 Å². The fraction of sp³-hybridized carbons (Fsp3) is 0.500. The first-order valence-electron chi connectivity index (χ1n) is 6.59. The predicted molar refractivity (Wildman–Crippen MR) is 82.5 cm³/mol. The molecular weight excluding hydrogens is 276 g/mol. The van der Waals surface area contributed by atoms with E-state index in [-0.39, 0.29) is 11.2 Å². The fourth-order valence-corrected chi connectivity index (χ4v) is 2.16. The minimum atomic E-state index is -0.882. The maximum absolute atomic E-state index is 12.2. The number of nitrogens with two attached hydrogens (primary N) is 1. The van der Waals surface area contributed by atoms with Gasteiger partial charge in [0.05, 0.1) is 6.61 Å². The second kappa shape index (κ2) is 7.89. The van der Waals surface area contributed by atoms with Crippen LogP contribution in [0.2, 0.25) is 0 Å². The van der Waals surface area contributed by atoms with Gasteiger partial charge in [-0.3, -0.25) is 9.00 Å². The Hall–Kier alpha value is -1.56. The molecule has 20 heavy (non-hydrogen) atoms. The second-order valence-corrected chi connectivity index (χ2v) is 6.31. The van der Waals surface area contributed by atoms with Crippen LogP contribution in [0.3, 0.4) is 0 Å². The molecule has 6 heteroatoms. The van der Waals surface area contributed by atoms with E-state index in [2.05, 4.69) is 5.32 Å². The van der Waals surface area contributed by atoms with Gasteiger partial charge in [0, 0.05) is 34.5 Å². The van der Waals surface area contributed by atoms with Crippen molar-refractivity contribution in [2.75, 3.05) is 25.1 Å². The number of amides is 1. The first-order chi connectivity index (χ1) is 9.47. The van der Waals surface area contributed by atoms with Gasteiger partial charge in [-0.05, 0) is 25.5 Å². The molecule has 0 heterocycles. The Labute approximate surface area is 122 Å². The van der Waals surface area contributed by atoms with Gasteiger partial charge in [-0.1, -0.05) is 13.0 Å². The highest BCUT2D eigenvalue weighted by molar-refractivity contribution is 7.84. The molecule has 0 fully saturated rings. The van der Waals surface area contributed by atoms with Crippen LogP contribution in [0.5, 0.6) is 5.75 Å². The average Bonchev–Trinajstić information content (AvgIpc) is 2.38. The number of nitrogen functional groups attached to an aromatic ring is 1. The Bertz CT molecular complexity index is 491. The van der Waals surface area contributed by atoms with Crippen molar-refractivity contribution in [3.8, 4) is 5.75 Å². The summed E-state index contributed by atoms with van der Waals surface area (Å²) in [4.78, 5) is 12.2. The fourth-order valence-electron chi connectivity index (χ4n) is 1.71. The van der Waals surface area contributed by atoms with Gasteiger partial charge in [0.1, 0.15) is 11.3 Å². The summed E-state index contributed by atoms with van der Waals surface area (Å²) in [5.41, 5.74) is 6.59. The third-order valence-corrected chi connectivity index (χ3v) is 4.36. The van der Waals surface area contributed by atoms with Crippen molar-refractivity contribution in [3.63, 3.8) is 0 Å². The van der Waals surface area contributed by atoms with Crippen LogP contribution in [0.4, 0.5) is 5.69 Å². The molecule has 2 unspecified atom stereocenters.